The fourth-order valence-corrected chi connectivity index (χ4v) is 4.16. The van der Waals surface area contributed by atoms with Crippen molar-refractivity contribution in [2.24, 2.45) is 7.05 Å². The van der Waals surface area contributed by atoms with Gasteiger partial charge in [0.25, 0.3) is 5.91 Å². The zero-order valence-electron chi connectivity index (χ0n) is 17.3. The first kappa shape index (κ1) is 19.5. The van der Waals surface area contributed by atoms with E-state index < -0.39 is 6.67 Å². The molecule has 0 aliphatic carbocycles. The fourth-order valence-electron chi connectivity index (χ4n) is 4.16. The third-order valence-electron chi connectivity index (χ3n) is 5.72. The van der Waals surface area contributed by atoms with Crippen LogP contribution in [0, 0.1) is 0 Å². The van der Waals surface area contributed by atoms with E-state index in [9.17, 15) is 9.18 Å². The van der Waals surface area contributed by atoms with Crippen LogP contribution in [0.15, 0.2) is 36.7 Å². The van der Waals surface area contributed by atoms with Crippen LogP contribution in [-0.2, 0) is 13.6 Å². The molecule has 8 nitrogen and oxygen atoms in total. The van der Waals surface area contributed by atoms with Crippen molar-refractivity contribution in [3.8, 4) is 17.3 Å². The van der Waals surface area contributed by atoms with E-state index in [1.54, 1.807) is 23.2 Å². The molecule has 0 unspecified atom stereocenters. The number of carbonyl (C=O) groups excluding carboxylic acids is 1. The molecule has 2 aliphatic heterocycles. The number of halogens is 1. The van der Waals surface area contributed by atoms with E-state index in [1.165, 1.54) is 12.8 Å². The smallest absolute Gasteiger partial charge is 0.277 e. The molecule has 9 heteroatoms. The normalized spacial score (nSPS) is 15.6. The summed E-state index contributed by atoms with van der Waals surface area (Å²) < 4.78 is 19.2. The summed E-state index contributed by atoms with van der Waals surface area (Å²) in [5.41, 5.74) is 2.82. The molecule has 1 saturated heterocycles. The molecule has 3 aromatic heterocycles. The van der Waals surface area contributed by atoms with Crippen molar-refractivity contribution in [3.05, 3.63) is 48.0 Å². The lowest BCUT2D eigenvalue weighted by molar-refractivity contribution is 0.0989. The van der Waals surface area contributed by atoms with Gasteiger partial charge >= 0.3 is 0 Å². The summed E-state index contributed by atoms with van der Waals surface area (Å²) in [4.78, 5) is 30.5. The number of nitrogens with zero attached hydrogens (tertiary/aromatic N) is 6. The van der Waals surface area contributed by atoms with Crippen molar-refractivity contribution >= 4 is 17.4 Å². The van der Waals surface area contributed by atoms with Gasteiger partial charge < -0.3 is 14.2 Å². The highest BCUT2D eigenvalue weighted by atomic mass is 19.1. The molecule has 1 amide bonds. The predicted molar refractivity (Wildman–Crippen MR) is 114 cm³/mol. The fraction of sp³-hybridized carbons (Fsp3) is 0.364. The minimum Gasteiger partial charge on any atom is -0.475 e. The van der Waals surface area contributed by atoms with Gasteiger partial charge in [0.1, 0.15) is 30.6 Å². The van der Waals surface area contributed by atoms with Crippen LogP contribution >= 0.6 is 0 Å². The molecular weight excluding hydrogens is 399 g/mol. The van der Waals surface area contributed by atoms with Gasteiger partial charge in [-0.3, -0.25) is 9.69 Å². The molecule has 0 bridgehead atoms. The molecule has 0 radical (unpaired) electrons. The largest absolute Gasteiger partial charge is 0.475 e. The number of amides is 1. The quantitative estimate of drug-likeness (QED) is 0.608. The van der Waals surface area contributed by atoms with E-state index in [2.05, 4.69) is 14.9 Å². The van der Waals surface area contributed by atoms with Crippen LogP contribution in [0.3, 0.4) is 0 Å². The Hall–Kier alpha value is -3.49. The Kier molecular flexibility index (Phi) is 5.01. The molecule has 1 fully saturated rings. The number of hydrogen-bond donors (Lipinski definition) is 0. The van der Waals surface area contributed by atoms with Gasteiger partial charge in [0, 0.05) is 38.0 Å². The second kappa shape index (κ2) is 7.98. The maximum Gasteiger partial charge on any atom is 0.277 e. The van der Waals surface area contributed by atoms with Gasteiger partial charge in [0.2, 0.25) is 5.88 Å². The van der Waals surface area contributed by atoms with E-state index in [0.717, 1.165) is 36.0 Å². The lowest BCUT2D eigenvalue weighted by Gasteiger charge is -2.17. The summed E-state index contributed by atoms with van der Waals surface area (Å²) in [5, 5.41) is 0. The van der Waals surface area contributed by atoms with Crippen molar-refractivity contribution in [3.63, 3.8) is 0 Å². The molecule has 5 heterocycles. The van der Waals surface area contributed by atoms with Crippen molar-refractivity contribution in [2.45, 2.75) is 19.4 Å². The van der Waals surface area contributed by atoms with Crippen molar-refractivity contribution in [1.82, 2.24) is 19.5 Å². The highest BCUT2D eigenvalue weighted by Gasteiger charge is 2.34. The van der Waals surface area contributed by atoms with Gasteiger partial charge in [-0.05, 0) is 31.0 Å². The summed E-state index contributed by atoms with van der Waals surface area (Å²) in [6.07, 6.45) is 5.79. The second-order valence-electron chi connectivity index (χ2n) is 7.67. The van der Waals surface area contributed by atoms with Crippen LogP contribution in [0.2, 0.25) is 0 Å². The average Bonchev–Trinajstić information content (AvgIpc) is 3.51. The van der Waals surface area contributed by atoms with Crippen LogP contribution in [0.1, 0.15) is 29.0 Å². The summed E-state index contributed by atoms with van der Waals surface area (Å²) >= 11 is 0. The Balaban J connectivity index is 1.35. The van der Waals surface area contributed by atoms with Gasteiger partial charge in [-0.15, -0.1) is 0 Å². The van der Waals surface area contributed by atoms with Crippen molar-refractivity contribution in [2.75, 3.05) is 36.2 Å². The Morgan fingerprint density at radius 1 is 1.10 bits per heavy atom. The van der Waals surface area contributed by atoms with Gasteiger partial charge in [-0.2, -0.15) is 0 Å². The maximum absolute atomic E-state index is 13.1. The molecule has 0 saturated carbocycles. The molecule has 0 spiro atoms. The molecular formula is C22H23FN6O2. The van der Waals surface area contributed by atoms with E-state index in [1.807, 2.05) is 29.9 Å². The molecule has 160 valence electrons. The maximum atomic E-state index is 13.1. The molecule has 3 aromatic rings. The van der Waals surface area contributed by atoms with Crippen LogP contribution < -0.4 is 14.5 Å². The van der Waals surface area contributed by atoms with Crippen molar-refractivity contribution in [1.29, 1.82) is 0 Å². The van der Waals surface area contributed by atoms with Crippen LogP contribution in [0.5, 0.6) is 5.88 Å². The first-order valence-corrected chi connectivity index (χ1v) is 10.4. The topological polar surface area (TPSA) is 76.4 Å². The number of anilines is 2. The summed E-state index contributed by atoms with van der Waals surface area (Å²) in [6, 6.07) is 7.41. The molecule has 31 heavy (non-hydrogen) atoms. The molecule has 5 rings (SSSR count). The number of aromatic nitrogens is 4. The number of imidazole rings is 1. The second-order valence-corrected chi connectivity index (χ2v) is 7.67. The third-order valence-corrected chi connectivity index (χ3v) is 5.72. The van der Waals surface area contributed by atoms with Crippen LogP contribution in [0.25, 0.3) is 11.4 Å². The van der Waals surface area contributed by atoms with Gasteiger partial charge in [-0.1, -0.05) is 0 Å². The minimum atomic E-state index is -0.576. The number of rotatable bonds is 6. The summed E-state index contributed by atoms with van der Waals surface area (Å²) in [5.74, 6) is 1.91. The monoisotopic (exact) mass is 422 g/mol. The van der Waals surface area contributed by atoms with Crippen LogP contribution in [-0.4, -0.2) is 51.8 Å². The molecule has 0 N–H and O–H groups in total. The summed E-state index contributed by atoms with van der Waals surface area (Å²) in [7, 11) is 1.85. The van der Waals surface area contributed by atoms with Crippen LogP contribution in [0.4, 0.5) is 15.9 Å². The minimum absolute atomic E-state index is 0.0407. The number of fused-ring (bicyclic) bond motifs is 1. The van der Waals surface area contributed by atoms with E-state index in [-0.39, 0.29) is 12.5 Å². The first-order valence-electron chi connectivity index (χ1n) is 10.4. The van der Waals surface area contributed by atoms with Gasteiger partial charge in [0.15, 0.2) is 0 Å². The third kappa shape index (κ3) is 3.49. The Morgan fingerprint density at radius 3 is 2.58 bits per heavy atom. The Morgan fingerprint density at radius 2 is 1.94 bits per heavy atom. The number of ether oxygens (including phenoxy) is 1. The standard InChI is InChI=1S/C22H23FN6O2/c1-27-20-17(14-29(22(20)30)16-5-7-19(25-13-16)31-11-8-23)26-21(27)15-4-6-18(24-12-15)28-9-2-3-10-28/h4-7,12-13H,2-3,8-11,14H2,1H3. The highest BCUT2D eigenvalue weighted by molar-refractivity contribution is 6.09. The van der Waals surface area contributed by atoms with E-state index in [0.29, 0.717) is 23.8 Å². The van der Waals surface area contributed by atoms with E-state index >= 15 is 0 Å². The van der Waals surface area contributed by atoms with Crippen molar-refractivity contribution < 1.29 is 13.9 Å². The SMILES string of the molecule is Cn1c(-c2ccc(N3CCCC3)nc2)nc2c1C(=O)N(c1ccc(OCCF)nc1)C2. The zero-order valence-corrected chi connectivity index (χ0v) is 17.3. The molecule has 0 aromatic carbocycles. The lowest BCUT2D eigenvalue weighted by atomic mass is 10.2. The lowest BCUT2D eigenvalue weighted by Crippen LogP contribution is -2.25. The van der Waals surface area contributed by atoms with Gasteiger partial charge in [-0.25, -0.2) is 19.3 Å². The first-order chi connectivity index (χ1) is 15.2. The highest BCUT2D eigenvalue weighted by Crippen LogP contribution is 2.32. The number of hydrogen-bond acceptors (Lipinski definition) is 6. The Labute approximate surface area is 179 Å². The molecule has 0 atom stereocenters. The number of pyridine rings is 2. The Bertz CT molecular complexity index is 1090. The number of carbonyl (C=O) groups is 1. The number of alkyl halides is 1. The summed E-state index contributed by atoms with van der Waals surface area (Å²) in [6.45, 7) is 1.85. The predicted octanol–water partition coefficient (Wildman–Crippen LogP) is 2.99. The van der Waals surface area contributed by atoms with Gasteiger partial charge in [0.05, 0.1) is 24.1 Å². The zero-order chi connectivity index (χ0) is 21.4. The average molecular weight is 422 g/mol. The van der Waals surface area contributed by atoms with E-state index in [4.69, 9.17) is 9.72 Å². The molecule has 2 aliphatic rings.